The maximum atomic E-state index is 10.3. The second-order valence-corrected chi connectivity index (χ2v) is 6.74. The second kappa shape index (κ2) is 9.41. The summed E-state index contributed by atoms with van der Waals surface area (Å²) in [6, 6.07) is 0. The zero-order valence-electron chi connectivity index (χ0n) is 12.8. The highest BCUT2D eigenvalue weighted by Gasteiger charge is 2.16. The van der Waals surface area contributed by atoms with Gasteiger partial charge in [-0.05, 0) is 24.2 Å². The van der Waals surface area contributed by atoms with Crippen molar-refractivity contribution < 1.29 is 9.90 Å². The van der Waals surface area contributed by atoms with Gasteiger partial charge in [-0.2, -0.15) is 0 Å². The third kappa shape index (κ3) is 11.9. The normalized spacial score (nSPS) is 13.6. The summed E-state index contributed by atoms with van der Waals surface area (Å²) in [6.07, 6.45) is 9.96. The Morgan fingerprint density at radius 2 is 1.61 bits per heavy atom. The maximum Gasteiger partial charge on any atom is 0.303 e. The number of hydrogen-bond donors (Lipinski definition) is 1. The Bertz CT molecular complexity index is 216. The largest absolute Gasteiger partial charge is 0.481 e. The molecule has 0 aliphatic rings. The molecule has 1 atom stereocenters. The van der Waals surface area contributed by atoms with Crippen LogP contribution in [0.2, 0.25) is 0 Å². The van der Waals surface area contributed by atoms with Crippen LogP contribution in [0.3, 0.4) is 0 Å². The zero-order chi connectivity index (χ0) is 14.0. The Labute approximate surface area is 113 Å². The summed E-state index contributed by atoms with van der Waals surface area (Å²) in [5.74, 6) is 0.204. The van der Waals surface area contributed by atoms with Gasteiger partial charge in [0.1, 0.15) is 0 Å². The lowest BCUT2D eigenvalue weighted by Crippen LogP contribution is -2.12. The second-order valence-electron chi connectivity index (χ2n) is 6.74. The molecule has 0 aromatic rings. The van der Waals surface area contributed by atoms with Crippen molar-refractivity contribution >= 4 is 5.97 Å². The van der Waals surface area contributed by atoms with E-state index in [0.717, 1.165) is 18.8 Å². The quantitative estimate of drug-likeness (QED) is 0.541. The Morgan fingerprint density at radius 3 is 2.11 bits per heavy atom. The van der Waals surface area contributed by atoms with E-state index >= 15 is 0 Å². The minimum atomic E-state index is -0.661. The third-order valence-corrected chi connectivity index (χ3v) is 3.48. The van der Waals surface area contributed by atoms with E-state index in [-0.39, 0.29) is 0 Å². The maximum absolute atomic E-state index is 10.3. The van der Waals surface area contributed by atoms with Gasteiger partial charge in [0.05, 0.1) is 0 Å². The van der Waals surface area contributed by atoms with Crippen LogP contribution in [0, 0.1) is 11.3 Å². The van der Waals surface area contributed by atoms with Crippen molar-refractivity contribution in [2.75, 3.05) is 0 Å². The molecule has 0 heterocycles. The molecule has 0 saturated heterocycles. The lowest BCUT2D eigenvalue weighted by molar-refractivity contribution is -0.137. The fraction of sp³-hybridized carbons (Fsp3) is 0.938. The van der Waals surface area contributed by atoms with Gasteiger partial charge in [0.15, 0.2) is 0 Å². The average Bonchev–Trinajstić information content (AvgIpc) is 2.24. The lowest BCUT2D eigenvalue weighted by Gasteiger charge is -2.25. The van der Waals surface area contributed by atoms with E-state index in [9.17, 15) is 4.79 Å². The van der Waals surface area contributed by atoms with Gasteiger partial charge >= 0.3 is 5.97 Å². The van der Waals surface area contributed by atoms with Crippen LogP contribution in [0.25, 0.3) is 0 Å². The highest BCUT2D eigenvalue weighted by atomic mass is 16.4. The van der Waals surface area contributed by atoms with Crippen LogP contribution >= 0.6 is 0 Å². The Hall–Kier alpha value is -0.530. The Morgan fingerprint density at radius 1 is 1.06 bits per heavy atom. The van der Waals surface area contributed by atoms with Gasteiger partial charge in [0, 0.05) is 6.42 Å². The molecule has 0 aliphatic carbocycles. The molecule has 0 spiro atoms. The summed E-state index contributed by atoms with van der Waals surface area (Å²) in [5, 5.41) is 8.53. The molecule has 2 nitrogen and oxygen atoms in total. The molecule has 0 bridgehead atoms. The summed E-state index contributed by atoms with van der Waals surface area (Å²) in [4.78, 5) is 10.3. The molecule has 108 valence electrons. The van der Waals surface area contributed by atoms with Crippen molar-refractivity contribution in [1.29, 1.82) is 0 Å². The highest BCUT2D eigenvalue weighted by molar-refractivity contribution is 5.66. The van der Waals surface area contributed by atoms with Crippen molar-refractivity contribution in [3.63, 3.8) is 0 Å². The number of rotatable bonds is 10. The number of hydrogen-bond acceptors (Lipinski definition) is 1. The van der Waals surface area contributed by atoms with E-state index in [2.05, 4.69) is 27.7 Å². The van der Waals surface area contributed by atoms with Crippen LogP contribution in [-0.4, -0.2) is 11.1 Å². The first-order valence-corrected chi connectivity index (χ1v) is 7.57. The molecule has 1 N–H and O–H groups in total. The highest BCUT2D eigenvalue weighted by Crippen LogP contribution is 2.29. The summed E-state index contributed by atoms with van der Waals surface area (Å²) >= 11 is 0. The van der Waals surface area contributed by atoms with Crippen molar-refractivity contribution in [1.82, 2.24) is 0 Å². The molecule has 0 radical (unpaired) electrons. The monoisotopic (exact) mass is 256 g/mol. The van der Waals surface area contributed by atoms with Crippen LogP contribution in [0.5, 0.6) is 0 Å². The molecule has 0 aromatic heterocycles. The summed E-state index contributed by atoms with van der Waals surface area (Å²) in [7, 11) is 0. The third-order valence-electron chi connectivity index (χ3n) is 3.48. The summed E-state index contributed by atoms with van der Waals surface area (Å²) in [5.41, 5.74) is 0.447. The van der Waals surface area contributed by atoms with E-state index in [0.29, 0.717) is 11.8 Å². The minimum Gasteiger partial charge on any atom is -0.481 e. The smallest absolute Gasteiger partial charge is 0.303 e. The molecule has 2 heteroatoms. The topological polar surface area (TPSA) is 37.3 Å². The van der Waals surface area contributed by atoms with Crippen LogP contribution in [0.15, 0.2) is 0 Å². The summed E-state index contributed by atoms with van der Waals surface area (Å²) < 4.78 is 0. The van der Waals surface area contributed by atoms with Crippen LogP contribution in [0.1, 0.15) is 85.5 Å². The minimum absolute atomic E-state index is 0.335. The number of unbranched alkanes of at least 4 members (excludes halogenated alkanes) is 4. The first-order chi connectivity index (χ1) is 8.35. The molecule has 1 unspecified atom stereocenters. The van der Waals surface area contributed by atoms with Crippen molar-refractivity contribution in [3.05, 3.63) is 0 Å². The van der Waals surface area contributed by atoms with Gasteiger partial charge in [-0.1, -0.05) is 66.2 Å². The fourth-order valence-corrected chi connectivity index (χ4v) is 2.56. The molecule has 0 saturated carbocycles. The van der Waals surface area contributed by atoms with E-state index in [1.165, 1.54) is 38.5 Å². The van der Waals surface area contributed by atoms with Crippen LogP contribution < -0.4 is 0 Å². The number of carbonyl (C=O) groups is 1. The molecule has 0 fully saturated rings. The fourth-order valence-electron chi connectivity index (χ4n) is 2.56. The SMILES string of the molecule is CCC(CCCCCCCC(=O)O)CC(C)(C)C. The molecular weight excluding hydrogens is 224 g/mol. The van der Waals surface area contributed by atoms with E-state index < -0.39 is 5.97 Å². The van der Waals surface area contributed by atoms with Crippen LogP contribution in [-0.2, 0) is 4.79 Å². The average molecular weight is 256 g/mol. The predicted octanol–water partition coefficient (Wildman–Crippen LogP) is 5.26. The zero-order valence-corrected chi connectivity index (χ0v) is 12.8. The Balaban J connectivity index is 3.48. The molecular formula is C16H32O2. The first kappa shape index (κ1) is 17.5. The van der Waals surface area contributed by atoms with Gasteiger partial charge in [-0.15, -0.1) is 0 Å². The van der Waals surface area contributed by atoms with Crippen molar-refractivity contribution in [2.24, 2.45) is 11.3 Å². The van der Waals surface area contributed by atoms with E-state index in [1.54, 1.807) is 0 Å². The number of carboxylic acids is 1. The van der Waals surface area contributed by atoms with E-state index in [4.69, 9.17) is 5.11 Å². The molecule has 0 amide bonds. The van der Waals surface area contributed by atoms with Gasteiger partial charge in [0.2, 0.25) is 0 Å². The van der Waals surface area contributed by atoms with Gasteiger partial charge < -0.3 is 5.11 Å². The molecule has 0 aliphatic heterocycles. The van der Waals surface area contributed by atoms with Gasteiger partial charge in [-0.25, -0.2) is 0 Å². The molecule has 0 aromatic carbocycles. The van der Waals surface area contributed by atoms with Crippen LogP contribution in [0.4, 0.5) is 0 Å². The predicted molar refractivity (Wildman–Crippen MR) is 77.8 cm³/mol. The van der Waals surface area contributed by atoms with Gasteiger partial charge in [0.25, 0.3) is 0 Å². The van der Waals surface area contributed by atoms with Crippen molar-refractivity contribution in [3.8, 4) is 0 Å². The number of carboxylic acid groups (broad SMARTS) is 1. The van der Waals surface area contributed by atoms with E-state index in [1.807, 2.05) is 0 Å². The standard InChI is InChI=1S/C16H32O2/c1-5-14(13-16(2,3)4)11-9-7-6-8-10-12-15(17)18/h14H,5-13H2,1-4H3,(H,17,18). The summed E-state index contributed by atoms with van der Waals surface area (Å²) in [6.45, 7) is 9.26. The first-order valence-electron chi connectivity index (χ1n) is 7.57. The molecule has 18 heavy (non-hydrogen) atoms. The Kier molecular flexibility index (Phi) is 9.13. The lowest BCUT2D eigenvalue weighted by atomic mass is 9.81. The van der Waals surface area contributed by atoms with Gasteiger partial charge in [-0.3, -0.25) is 4.79 Å². The number of aliphatic carboxylic acids is 1. The van der Waals surface area contributed by atoms with Crippen molar-refractivity contribution in [2.45, 2.75) is 85.5 Å². The molecule has 0 rings (SSSR count).